The van der Waals surface area contributed by atoms with Gasteiger partial charge in [-0.05, 0) is 0 Å². The van der Waals surface area contributed by atoms with Gasteiger partial charge in [-0.3, -0.25) is 46.8 Å². The molecule has 0 bridgehead atoms. The fourth-order valence-corrected chi connectivity index (χ4v) is 12.3. The Morgan fingerprint density at radius 1 is 0.779 bits per heavy atom. The molecule has 0 radical (unpaired) electrons. The molecule has 39 nitrogen and oxygen atoms in total. The Labute approximate surface area is 430 Å². The fraction of sp³-hybridized carbons (Fsp3) is 0.559. The standard InChI is InChI=1S/C34H51N15O24P4/c1-37-24-17-25(39-10-38-24)48(12-40-17)32(66-6)23(71-74(55,56)67-7-14(63-3)20(50)30(54)47-11-41-18-26(47)42-33(35)44-28(18)52)15(64-4)8-68-75(57,58)72-77(61,62)73-76(59,60)69-9-16-22(65-5)21(51)31(70-16)49-13-46(2)19-27(49)43-34(36)45-29(19)53/h10-16,20-23,30-32,50-51,54H,7-9H2,1-6H3,(H10-,35,36,37,38,39,42,43,44,45,52,53,55,56,57,58,59,60,61,62)/p+1. The number of aromatic nitrogens is 12. The zero-order valence-corrected chi connectivity index (χ0v) is 44.3. The third-order valence-corrected chi connectivity index (χ3v) is 16.5. The maximum Gasteiger partial charge on any atom is 0.490 e. The van der Waals surface area contributed by atoms with Crippen LogP contribution in [0.2, 0.25) is 0 Å². The first-order valence-electron chi connectivity index (χ1n) is 21.7. The van der Waals surface area contributed by atoms with E-state index >= 15 is 0 Å². The molecular weight excluding hydrogens is 1130 g/mol. The molecule has 14 atom stereocenters. The van der Waals surface area contributed by atoms with Crippen molar-refractivity contribution in [1.82, 2.24) is 53.6 Å². The molecule has 7 heterocycles. The van der Waals surface area contributed by atoms with E-state index in [4.69, 9.17) is 53.2 Å². The zero-order valence-electron chi connectivity index (χ0n) is 40.7. The maximum atomic E-state index is 13.8. The number of aliphatic hydroxyl groups excluding tert-OH is 3. The topological polar surface area (TPSA) is 537 Å². The molecule has 7 rings (SSSR count). The van der Waals surface area contributed by atoms with E-state index in [9.17, 15) is 62.7 Å². The second kappa shape index (κ2) is 23.7. The van der Waals surface area contributed by atoms with E-state index in [-0.39, 0.29) is 51.2 Å². The van der Waals surface area contributed by atoms with Crippen LogP contribution in [0.5, 0.6) is 0 Å². The summed E-state index contributed by atoms with van der Waals surface area (Å²) in [5, 5.41) is 36.0. The summed E-state index contributed by atoms with van der Waals surface area (Å²) in [7, 11) is -16.3. The summed E-state index contributed by atoms with van der Waals surface area (Å²) in [6.07, 6.45) is -12.6. The van der Waals surface area contributed by atoms with Gasteiger partial charge in [-0.25, -0.2) is 42.8 Å². The lowest BCUT2D eigenvalue weighted by Gasteiger charge is -2.33. The van der Waals surface area contributed by atoms with E-state index in [1.165, 1.54) is 29.6 Å². The number of hydrogen-bond acceptors (Lipinski definition) is 29. The van der Waals surface area contributed by atoms with Gasteiger partial charge in [0.15, 0.2) is 35.1 Å². The quantitative estimate of drug-likeness (QED) is 0.0179. The van der Waals surface area contributed by atoms with Crippen LogP contribution in [0, 0.1) is 0 Å². The Morgan fingerprint density at radius 2 is 1.38 bits per heavy atom. The summed E-state index contributed by atoms with van der Waals surface area (Å²) in [4.78, 5) is 96.4. The Kier molecular flexibility index (Phi) is 18.3. The number of aromatic amines is 2. The molecule has 426 valence electrons. The van der Waals surface area contributed by atoms with Crippen molar-refractivity contribution in [2.24, 2.45) is 7.05 Å². The number of phosphoric ester groups is 3. The second-order valence-corrected chi connectivity index (χ2v) is 22.2. The largest absolute Gasteiger partial charge is 0.490 e. The van der Waals surface area contributed by atoms with Crippen molar-refractivity contribution in [2.45, 2.75) is 61.4 Å². The summed E-state index contributed by atoms with van der Waals surface area (Å²) in [5.41, 5.74) is 9.51. The molecule has 0 saturated carbocycles. The van der Waals surface area contributed by atoms with Crippen molar-refractivity contribution in [3.8, 4) is 0 Å². The number of nitrogens with zero attached hydrogens (tertiary/aromatic N) is 10. The van der Waals surface area contributed by atoms with Crippen LogP contribution >= 0.6 is 31.3 Å². The van der Waals surface area contributed by atoms with E-state index < -0.39 is 124 Å². The number of anilines is 3. The average Bonchev–Trinajstić information content (AvgIpc) is 4.13. The van der Waals surface area contributed by atoms with Crippen LogP contribution in [0.3, 0.4) is 0 Å². The Hall–Kier alpha value is -5.15. The fourth-order valence-electron chi connectivity index (χ4n) is 7.87. The molecule has 43 heteroatoms. The molecule has 6 aromatic heterocycles. The second-order valence-electron chi connectivity index (χ2n) is 16.2. The third-order valence-electron chi connectivity index (χ3n) is 11.3. The molecule has 1 aliphatic heterocycles. The highest BCUT2D eigenvalue weighted by Gasteiger charge is 2.51. The highest BCUT2D eigenvalue weighted by atomic mass is 31.3. The first kappa shape index (κ1) is 59.5. The number of nitrogens with two attached hydrogens (primary N) is 2. The number of phosphoric acid groups is 4. The maximum absolute atomic E-state index is 13.8. The number of fused-ring (bicyclic) bond motifs is 3. The predicted octanol–water partition coefficient (Wildman–Crippen LogP) is -3.10. The molecule has 14 unspecified atom stereocenters. The van der Waals surface area contributed by atoms with Gasteiger partial charge in [-0.1, -0.05) is 0 Å². The summed E-state index contributed by atoms with van der Waals surface area (Å²) in [6, 6.07) is 0. The van der Waals surface area contributed by atoms with Crippen molar-refractivity contribution in [2.75, 3.05) is 72.1 Å². The highest BCUT2D eigenvalue weighted by Crippen LogP contribution is 2.68. The monoisotopic (exact) mass is 1180 g/mol. The minimum atomic E-state index is -6.19. The molecule has 0 aromatic carbocycles. The van der Waals surface area contributed by atoms with Crippen LogP contribution in [-0.2, 0) is 75.7 Å². The minimum Gasteiger partial charge on any atom is -0.386 e. The van der Waals surface area contributed by atoms with E-state index in [0.717, 1.165) is 56.6 Å². The number of imidazole rings is 3. The van der Waals surface area contributed by atoms with E-state index in [1.807, 2.05) is 0 Å². The Morgan fingerprint density at radius 3 is 2.01 bits per heavy atom. The molecule has 0 aliphatic carbocycles. The third kappa shape index (κ3) is 13.1. The predicted molar refractivity (Wildman–Crippen MR) is 253 cm³/mol. The first-order valence-corrected chi connectivity index (χ1v) is 27.7. The van der Waals surface area contributed by atoms with Crippen LogP contribution in [0.25, 0.3) is 33.5 Å². The van der Waals surface area contributed by atoms with Crippen molar-refractivity contribution in [3.63, 3.8) is 0 Å². The van der Waals surface area contributed by atoms with Gasteiger partial charge in [0.2, 0.25) is 24.5 Å². The van der Waals surface area contributed by atoms with E-state index in [1.54, 1.807) is 0 Å². The molecule has 1 saturated heterocycles. The molecular formula is C34H52N15O24P4+. The number of nitrogens with one attached hydrogen (secondary N) is 3. The summed E-state index contributed by atoms with van der Waals surface area (Å²) < 4.78 is 114. The van der Waals surface area contributed by atoms with Gasteiger partial charge in [0.05, 0.1) is 39.5 Å². The highest BCUT2D eigenvalue weighted by molar-refractivity contribution is 7.66. The number of ether oxygens (including phenoxy) is 5. The van der Waals surface area contributed by atoms with Crippen LogP contribution in [0.1, 0.15) is 18.7 Å². The normalized spacial score (nSPS) is 22.7. The van der Waals surface area contributed by atoms with Gasteiger partial charge in [0.25, 0.3) is 16.7 Å². The minimum absolute atomic E-state index is 0.00101. The van der Waals surface area contributed by atoms with Gasteiger partial charge in [0, 0.05) is 35.5 Å². The van der Waals surface area contributed by atoms with E-state index in [0.29, 0.717) is 0 Å². The van der Waals surface area contributed by atoms with Crippen LogP contribution in [0.4, 0.5) is 17.7 Å². The smallest absolute Gasteiger partial charge is 0.386 e. The SMILES string of the molecule is CNc1ncnc2c1ncn2C(OC)C(OP(=O)(O)OCC(OC)C(O)C(O)n1cnc2c(=O)[nH]c(N)nc21)C(COP(=O)(O)OP(=O)(O)OP(=O)(O)OCC1OC(n2c[n+](C)c3c(=O)[nH]c(N)nc32)C(O)C1OC)OC. The molecule has 77 heavy (non-hydrogen) atoms. The van der Waals surface area contributed by atoms with Gasteiger partial charge >= 0.3 is 36.9 Å². The average molecular weight is 1180 g/mol. The number of aliphatic hydroxyl groups is 3. The Bertz CT molecular complexity index is 3400. The lowest BCUT2D eigenvalue weighted by atomic mass is 10.1. The van der Waals surface area contributed by atoms with Gasteiger partial charge < -0.3 is 75.4 Å². The van der Waals surface area contributed by atoms with E-state index in [2.05, 4.69) is 53.8 Å². The number of hydrogen-bond donors (Lipinski definition) is 12. The summed E-state index contributed by atoms with van der Waals surface area (Å²) in [5.74, 6) is -0.430. The molecule has 0 spiro atoms. The summed E-state index contributed by atoms with van der Waals surface area (Å²) in [6.45, 7) is -3.35. The van der Waals surface area contributed by atoms with Crippen LogP contribution in [0.15, 0.2) is 34.9 Å². The van der Waals surface area contributed by atoms with Crippen LogP contribution < -0.4 is 32.5 Å². The lowest BCUT2D eigenvalue weighted by molar-refractivity contribution is -0.646. The van der Waals surface area contributed by atoms with Crippen LogP contribution in [-0.4, -0.2) is 187 Å². The zero-order chi connectivity index (χ0) is 56.5. The molecule has 14 N–H and O–H groups in total. The molecule has 6 aromatic rings. The van der Waals surface area contributed by atoms with Crippen molar-refractivity contribution >= 4 is 82.5 Å². The number of nitrogen functional groups attached to an aromatic ring is 2. The van der Waals surface area contributed by atoms with Crippen molar-refractivity contribution < 1.29 is 108 Å². The van der Waals surface area contributed by atoms with Crippen molar-refractivity contribution in [3.05, 3.63) is 46.0 Å². The molecule has 1 aliphatic rings. The Balaban J connectivity index is 1.04. The first-order chi connectivity index (χ1) is 36.2. The number of H-pyrrole nitrogens is 2. The van der Waals surface area contributed by atoms with Crippen molar-refractivity contribution in [1.29, 1.82) is 0 Å². The van der Waals surface area contributed by atoms with Gasteiger partial charge in [0.1, 0.15) is 54.6 Å². The molecule has 0 amide bonds. The van der Waals surface area contributed by atoms with Gasteiger partial charge in [-0.15, -0.1) is 0 Å². The molecule has 1 fully saturated rings. The lowest BCUT2D eigenvalue weighted by Crippen LogP contribution is -2.42. The summed E-state index contributed by atoms with van der Waals surface area (Å²) >= 11 is 0. The number of aryl methyl sites for hydroxylation is 1. The number of rotatable bonds is 27. The number of methoxy groups -OCH3 is 4. The van der Waals surface area contributed by atoms with Gasteiger partial charge in [-0.2, -0.15) is 23.2 Å².